The average molecular weight is 691 g/mol. The van der Waals surface area contributed by atoms with Crippen molar-refractivity contribution in [2.24, 2.45) is 0 Å². The quantitative estimate of drug-likeness (QED) is 0.0810. The Morgan fingerprint density at radius 2 is 0.773 bits per heavy atom. The van der Waals surface area contributed by atoms with Crippen molar-refractivity contribution in [3.05, 3.63) is 60.7 Å². The summed E-state index contributed by atoms with van der Waals surface area (Å²) in [4.78, 5) is 0. The Morgan fingerprint density at radius 3 is 1.09 bits per heavy atom. The van der Waals surface area contributed by atoms with Crippen molar-refractivity contribution >= 4 is 51.6 Å². The second-order valence-corrected chi connectivity index (χ2v) is 34.8. The van der Waals surface area contributed by atoms with Crippen LogP contribution in [0.1, 0.15) is 46.5 Å². The first kappa shape index (κ1) is 39.8. The molecule has 0 spiro atoms. The minimum absolute atomic E-state index is 0.330. The summed E-state index contributed by atoms with van der Waals surface area (Å²) in [6.45, 7) is 23.7. The van der Waals surface area contributed by atoms with E-state index in [0.717, 1.165) is 19.8 Å². The Morgan fingerprint density at radius 1 is 0.455 bits per heavy atom. The molecule has 0 unspecified atom stereocenters. The summed E-state index contributed by atoms with van der Waals surface area (Å²) in [5, 5.41) is 3.05. The smallest absolute Gasteiger partial charge is 0.186 e. The van der Waals surface area contributed by atoms with Gasteiger partial charge < -0.3 is 13.3 Å². The van der Waals surface area contributed by atoms with Crippen LogP contribution in [0.25, 0.3) is 0 Å². The Bertz CT molecular complexity index is 921. The van der Waals surface area contributed by atoms with E-state index in [4.69, 9.17) is 13.3 Å². The largest absolute Gasteiger partial charge is 0.418 e. The van der Waals surface area contributed by atoms with Gasteiger partial charge >= 0.3 is 0 Å². The summed E-state index contributed by atoms with van der Waals surface area (Å²) in [5.74, 6) is 0. The van der Waals surface area contributed by atoms with Crippen molar-refractivity contribution in [2.75, 3.05) is 26.0 Å². The molecule has 8 heteroatoms. The van der Waals surface area contributed by atoms with Gasteiger partial charge in [0.05, 0.1) is 8.07 Å². The molecule has 0 fully saturated rings. The lowest BCUT2D eigenvalue weighted by molar-refractivity contribution is 0.328. The first-order chi connectivity index (χ1) is 20.9. The lowest BCUT2D eigenvalue weighted by Crippen LogP contribution is -2.38. The average Bonchev–Trinajstić information content (AvgIpc) is 2.96. The third kappa shape index (κ3) is 15.5. The number of hydrogen-bond acceptors (Lipinski definition) is 3. The summed E-state index contributed by atoms with van der Waals surface area (Å²) in [7, 11) is -6.61. The molecule has 44 heavy (non-hydrogen) atoms. The molecule has 2 rings (SSSR count). The summed E-state index contributed by atoms with van der Waals surface area (Å²) >= 11 is 0. The minimum atomic E-state index is -1.59. The van der Waals surface area contributed by atoms with Gasteiger partial charge in [-0.15, -0.1) is 0 Å². The van der Waals surface area contributed by atoms with Crippen molar-refractivity contribution in [1.82, 2.24) is 0 Å². The van der Waals surface area contributed by atoms with Crippen LogP contribution in [0, 0.1) is 0 Å². The summed E-state index contributed by atoms with van der Waals surface area (Å²) in [6.07, 6.45) is 6.73. The van der Waals surface area contributed by atoms with Gasteiger partial charge in [-0.05, 0) is 103 Å². The summed E-state index contributed by atoms with van der Waals surface area (Å²) in [5.41, 5.74) is 0. The number of hydrogen-bond donors (Lipinski definition) is 0. The van der Waals surface area contributed by atoms with E-state index in [0.29, 0.717) is 0 Å². The van der Waals surface area contributed by atoms with E-state index in [2.05, 4.69) is 121 Å². The number of rotatable bonds is 24. The maximum atomic E-state index is 6.30. The highest BCUT2D eigenvalue weighted by molar-refractivity contribution is 7.73. The van der Waals surface area contributed by atoms with Gasteiger partial charge in [-0.25, -0.2) is 0 Å². The molecule has 0 aliphatic carbocycles. The Labute approximate surface area is 278 Å². The van der Waals surface area contributed by atoms with Gasteiger partial charge in [0.15, 0.2) is 25.0 Å². The van der Waals surface area contributed by atoms with Crippen molar-refractivity contribution < 1.29 is 13.3 Å². The molecule has 0 saturated heterocycles. The van der Waals surface area contributed by atoms with Crippen molar-refractivity contribution in [1.29, 1.82) is 0 Å². The molecular weight excluding hydrogens is 624 g/mol. The summed E-state index contributed by atoms with van der Waals surface area (Å²) < 4.78 is 18.9. The van der Waals surface area contributed by atoms with Gasteiger partial charge in [-0.2, -0.15) is 0 Å². The standard InChI is InChI=1S/C36H67O3PSi4/c1-10-37-41(4,5)28-20-32-44(33-21-29-42(6,7)38-11-2,34-22-30-43(8,9)39-12-3)31-19-27-40(35-23-15-13-16-24-35)36-25-17-14-18-26-36/h13-18,23-26H,10-12,19-22,27-34H2,1-9H3. The Balaban J connectivity index is 2.30. The zero-order chi connectivity index (χ0) is 32.5. The van der Waals surface area contributed by atoms with Crippen molar-refractivity contribution in [3.8, 4) is 0 Å². The monoisotopic (exact) mass is 690 g/mol. The lowest BCUT2D eigenvalue weighted by Gasteiger charge is -2.36. The van der Waals surface area contributed by atoms with Crippen LogP contribution in [0.2, 0.25) is 81.6 Å². The van der Waals surface area contributed by atoms with Crippen LogP contribution in [0.5, 0.6) is 0 Å². The predicted molar refractivity (Wildman–Crippen MR) is 209 cm³/mol. The SMILES string of the molecule is CCO[Si](C)(C)CCC[Si](CCCP(c1ccccc1)c1ccccc1)(CCC[Si](C)(C)OCC)CCC[Si](C)(C)OCC. The molecule has 3 nitrogen and oxygen atoms in total. The molecule has 0 aliphatic rings. The van der Waals surface area contributed by atoms with Crippen LogP contribution in [0.4, 0.5) is 0 Å². The van der Waals surface area contributed by atoms with Crippen LogP contribution in [0.3, 0.4) is 0 Å². The third-order valence-corrected chi connectivity index (χ3v) is 25.4. The first-order valence-electron chi connectivity index (χ1n) is 17.7. The minimum Gasteiger partial charge on any atom is -0.418 e. The zero-order valence-corrected chi connectivity index (χ0v) is 34.9. The fourth-order valence-electron chi connectivity index (χ4n) is 7.04. The first-order valence-corrected chi connectivity index (χ1v) is 31.4. The molecule has 0 bridgehead atoms. The van der Waals surface area contributed by atoms with Crippen LogP contribution < -0.4 is 10.6 Å². The fraction of sp³-hybridized carbons (Fsp3) is 0.667. The molecule has 250 valence electrons. The highest BCUT2D eigenvalue weighted by atomic mass is 31.1. The van der Waals surface area contributed by atoms with E-state index in [1.165, 1.54) is 84.8 Å². The number of benzene rings is 2. The van der Waals surface area contributed by atoms with Crippen LogP contribution in [0.15, 0.2) is 60.7 Å². The maximum absolute atomic E-state index is 6.30. The molecule has 0 N–H and O–H groups in total. The van der Waals surface area contributed by atoms with E-state index in [1.807, 2.05) is 0 Å². The van der Waals surface area contributed by atoms with Gasteiger partial charge in [0, 0.05) is 19.8 Å². The van der Waals surface area contributed by atoms with Gasteiger partial charge in [0.1, 0.15) is 0 Å². The second-order valence-electron chi connectivity index (χ2n) is 14.6. The third-order valence-electron chi connectivity index (χ3n) is 9.29. The molecule has 2 aromatic carbocycles. The highest BCUT2D eigenvalue weighted by Crippen LogP contribution is 2.40. The molecule has 2 aromatic rings. The van der Waals surface area contributed by atoms with E-state index in [-0.39, 0.29) is 7.92 Å². The van der Waals surface area contributed by atoms with E-state index in [1.54, 1.807) is 0 Å². The molecule has 0 atom stereocenters. The molecule has 0 heterocycles. The van der Waals surface area contributed by atoms with Gasteiger partial charge in [-0.3, -0.25) is 0 Å². The molecule has 0 saturated carbocycles. The molecule has 0 amide bonds. The Hall–Kier alpha value is -0.382. The van der Waals surface area contributed by atoms with Gasteiger partial charge in [-0.1, -0.05) is 111 Å². The zero-order valence-electron chi connectivity index (χ0n) is 30.1. The van der Waals surface area contributed by atoms with Crippen LogP contribution >= 0.6 is 7.92 Å². The Kier molecular flexibility index (Phi) is 18.2. The topological polar surface area (TPSA) is 27.7 Å². The fourth-order valence-corrected chi connectivity index (χ4v) is 21.8. The van der Waals surface area contributed by atoms with Crippen molar-refractivity contribution in [3.63, 3.8) is 0 Å². The highest BCUT2D eigenvalue weighted by Gasteiger charge is 2.35. The summed E-state index contributed by atoms with van der Waals surface area (Å²) in [6, 6.07) is 32.5. The molecule has 0 aliphatic heterocycles. The predicted octanol–water partition coefficient (Wildman–Crippen LogP) is 10.9. The molecular formula is C36H67O3PSi4. The van der Waals surface area contributed by atoms with E-state index in [9.17, 15) is 0 Å². The van der Waals surface area contributed by atoms with Crippen LogP contribution in [-0.4, -0.2) is 59.0 Å². The van der Waals surface area contributed by atoms with Crippen molar-refractivity contribution in [2.45, 2.75) is 128 Å². The van der Waals surface area contributed by atoms with Crippen LogP contribution in [-0.2, 0) is 13.3 Å². The van der Waals surface area contributed by atoms with Gasteiger partial charge in [0.25, 0.3) is 0 Å². The van der Waals surface area contributed by atoms with Gasteiger partial charge in [0.2, 0.25) is 0 Å². The van der Waals surface area contributed by atoms with E-state index >= 15 is 0 Å². The molecule has 0 radical (unpaired) electrons. The maximum Gasteiger partial charge on any atom is 0.186 e. The lowest BCUT2D eigenvalue weighted by atomic mass is 10.4. The van der Waals surface area contributed by atoms with E-state index < -0.39 is 33.0 Å². The molecule has 0 aromatic heterocycles. The normalized spacial score (nSPS) is 13.1. The second kappa shape index (κ2) is 20.1.